The second kappa shape index (κ2) is 4.00. The van der Waals surface area contributed by atoms with Gasteiger partial charge < -0.3 is 4.74 Å². The second-order valence-electron chi connectivity index (χ2n) is 2.28. The molecule has 0 aliphatic rings. The highest BCUT2D eigenvalue weighted by atomic mass is 35.5. The van der Waals surface area contributed by atoms with Crippen LogP contribution in [0.2, 0.25) is 5.15 Å². The molecule has 1 aromatic rings. The van der Waals surface area contributed by atoms with Crippen molar-refractivity contribution in [3.8, 4) is 5.88 Å². The Bertz CT molecular complexity index is 328. The van der Waals surface area contributed by atoms with Crippen LogP contribution in [0.15, 0.2) is 12.1 Å². The van der Waals surface area contributed by atoms with Crippen LogP contribution in [-0.4, -0.2) is 11.3 Å². The fourth-order valence-electron chi connectivity index (χ4n) is 0.746. The fraction of sp³-hybridized carbons (Fsp3) is 0.286. The number of hydrogen-bond acceptors (Lipinski definition) is 2. The number of halogens is 5. The lowest BCUT2D eigenvalue weighted by Crippen LogP contribution is -2.18. The summed E-state index contributed by atoms with van der Waals surface area (Å²) in [5, 5.41) is -0.193. The Morgan fingerprint density at radius 3 is 2.50 bits per heavy atom. The van der Waals surface area contributed by atoms with E-state index in [2.05, 4.69) is 9.72 Å². The zero-order valence-electron chi connectivity index (χ0n) is 6.61. The van der Waals surface area contributed by atoms with Crippen molar-refractivity contribution in [3.05, 3.63) is 22.8 Å². The molecule has 0 spiro atoms. The minimum atomic E-state index is -4.90. The molecular weight excluding hydrogens is 226 g/mol. The minimum absolute atomic E-state index is 0.193. The summed E-state index contributed by atoms with van der Waals surface area (Å²) in [7, 11) is 0. The lowest BCUT2D eigenvalue weighted by atomic mass is 10.3. The van der Waals surface area contributed by atoms with Crippen LogP contribution in [0.1, 0.15) is 5.56 Å². The summed E-state index contributed by atoms with van der Waals surface area (Å²) in [6.07, 6.45) is -4.90. The van der Waals surface area contributed by atoms with Gasteiger partial charge in [-0.25, -0.2) is 9.37 Å². The standard InChI is InChI=1S/C7H4ClF4NO/c8-5-2-1-4(3-9)6(13-5)14-7(10,11)12/h1-2H,3H2. The van der Waals surface area contributed by atoms with Crippen LogP contribution in [0, 0.1) is 0 Å². The Morgan fingerprint density at radius 2 is 2.00 bits per heavy atom. The quantitative estimate of drug-likeness (QED) is 0.574. The average molecular weight is 230 g/mol. The summed E-state index contributed by atoms with van der Waals surface area (Å²) in [6, 6.07) is 2.26. The van der Waals surface area contributed by atoms with Gasteiger partial charge in [-0.05, 0) is 12.1 Å². The van der Waals surface area contributed by atoms with Gasteiger partial charge in [0.25, 0.3) is 0 Å². The normalized spacial score (nSPS) is 11.5. The largest absolute Gasteiger partial charge is 0.574 e. The first kappa shape index (κ1) is 11.0. The number of aromatic nitrogens is 1. The van der Waals surface area contributed by atoms with Gasteiger partial charge in [-0.1, -0.05) is 11.6 Å². The maximum Gasteiger partial charge on any atom is 0.574 e. The van der Waals surface area contributed by atoms with Crippen molar-refractivity contribution in [2.45, 2.75) is 13.0 Å². The van der Waals surface area contributed by atoms with Crippen LogP contribution >= 0.6 is 11.6 Å². The Kier molecular flexibility index (Phi) is 3.15. The molecule has 0 aliphatic carbocycles. The molecule has 0 aromatic carbocycles. The molecule has 0 atom stereocenters. The molecule has 0 saturated carbocycles. The van der Waals surface area contributed by atoms with E-state index in [1.807, 2.05) is 0 Å². The summed E-state index contributed by atoms with van der Waals surface area (Å²) in [6.45, 7) is -1.10. The van der Waals surface area contributed by atoms with Gasteiger partial charge in [0.05, 0.1) is 0 Å². The number of hydrogen-bond donors (Lipinski definition) is 0. The number of nitrogens with zero attached hydrogens (tertiary/aromatic N) is 1. The van der Waals surface area contributed by atoms with E-state index in [0.29, 0.717) is 0 Å². The molecule has 14 heavy (non-hydrogen) atoms. The molecular formula is C7H4ClF4NO. The smallest absolute Gasteiger partial charge is 0.387 e. The van der Waals surface area contributed by atoms with Crippen molar-refractivity contribution in [2.24, 2.45) is 0 Å². The third-order valence-electron chi connectivity index (χ3n) is 1.26. The van der Waals surface area contributed by atoms with Gasteiger partial charge in [0.15, 0.2) is 0 Å². The topological polar surface area (TPSA) is 22.1 Å². The second-order valence-corrected chi connectivity index (χ2v) is 2.67. The molecule has 0 saturated heterocycles. The summed E-state index contributed by atoms with van der Waals surface area (Å²) in [5.41, 5.74) is -0.299. The van der Waals surface area contributed by atoms with E-state index in [-0.39, 0.29) is 10.7 Å². The van der Waals surface area contributed by atoms with E-state index in [9.17, 15) is 17.6 Å². The van der Waals surface area contributed by atoms with Crippen molar-refractivity contribution in [1.82, 2.24) is 4.98 Å². The van der Waals surface area contributed by atoms with E-state index >= 15 is 0 Å². The van der Waals surface area contributed by atoms with Crippen LogP contribution in [0.3, 0.4) is 0 Å². The van der Waals surface area contributed by atoms with Gasteiger partial charge in [0.1, 0.15) is 11.8 Å². The monoisotopic (exact) mass is 229 g/mol. The van der Waals surface area contributed by atoms with E-state index in [0.717, 1.165) is 6.07 Å². The van der Waals surface area contributed by atoms with Gasteiger partial charge >= 0.3 is 6.36 Å². The lowest BCUT2D eigenvalue weighted by molar-refractivity contribution is -0.276. The van der Waals surface area contributed by atoms with Crippen LogP contribution in [0.4, 0.5) is 17.6 Å². The molecule has 0 amide bonds. The highest BCUT2D eigenvalue weighted by molar-refractivity contribution is 6.29. The molecule has 7 heteroatoms. The molecule has 0 fully saturated rings. The number of alkyl halides is 4. The van der Waals surface area contributed by atoms with Crippen molar-refractivity contribution >= 4 is 11.6 Å². The molecule has 78 valence electrons. The van der Waals surface area contributed by atoms with Gasteiger partial charge in [-0.15, -0.1) is 13.2 Å². The predicted octanol–water partition coefficient (Wildman–Crippen LogP) is 3.10. The van der Waals surface area contributed by atoms with Crippen LogP contribution in [-0.2, 0) is 6.67 Å². The van der Waals surface area contributed by atoms with E-state index in [1.165, 1.54) is 6.07 Å². The average Bonchev–Trinajstić information content (AvgIpc) is 2.01. The summed E-state index contributed by atoms with van der Waals surface area (Å²) in [4.78, 5) is 3.21. The lowest BCUT2D eigenvalue weighted by Gasteiger charge is -2.10. The first-order valence-corrected chi connectivity index (χ1v) is 3.77. The van der Waals surface area contributed by atoms with E-state index in [4.69, 9.17) is 11.6 Å². The highest BCUT2D eigenvalue weighted by Crippen LogP contribution is 2.26. The summed E-state index contributed by atoms with van der Waals surface area (Å²) >= 11 is 5.32. The number of ether oxygens (including phenoxy) is 1. The van der Waals surface area contributed by atoms with Crippen molar-refractivity contribution in [3.63, 3.8) is 0 Å². The fourth-order valence-corrected chi connectivity index (χ4v) is 0.886. The summed E-state index contributed by atoms with van der Waals surface area (Å²) in [5.74, 6) is -0.854. The molecule has 1 heterocycles. The third-order valence-corrected chi connectivity index (χ3v) is 1.47. The molecule has 0 bridgehead atoms. The molecule has 0 aliphatic heterocycles. The molecule has 0 radical (unpaired) electrons. The van der Waals surface area contributed by atoms with E-state index < -0.39 is 18.9 Å². The zero-order chi connectivity index (χ0) is 10.8. The number of pyridine rings is 1. The van der Waals surface area contributed by atoms with Crippen LogP contribution in [0.5, 0.6) is 5.88 Å². The first-order chi connectivity index (χ1) is 6.42. The summed E-state index contributed by atoms with van der Waals surface area (Å²) < 4.78 is 50.9. The van der Waals surface area contributed by atoms with Crippen LogP contribution in [0.25, 0.3) is 0 Å². The molecule has 2 nitrogen and oxygen atoms in total. The Morgan fingerprint density at radius 1 is 1.36 bits per heavy atom. The minimum Gasteiger partial charge on any atom is -0.387 e. The number of rotatable bonds is 2. The van der Waals surface area contributed by atoms with Gasteiger partial charge in [-0.3, -0.25) is 0 Å². The maximum absolute atomic E-state index is 12.2. The third kappa shape index (κ3) is 3.02. The van der Waals surface area contributed by atoms with Gasteiger partial charge in [0.2, 0.25) is 5.88 Å². The molecule has 0 N–H and O–H groups in total. The van der Waals surface area contributed by atoms with Gasteiger partial charge in [-0.2, -0.15) is 0 Å². The van der Waals surface area contributed by atoms with Crippen LogP contribution < -0.4 is 4.74 Å². The van der Waals surface area contributed by atoms with Crippen molar-refractivity contribution in [2.75, 3.05) is 0 Å². The molecule has 1 rings (SSSR count). The maximum atomic E-state index is 12.2. The van der Waals surface area contributed by atoms with Gasteiger partial charge in [0, 0.05) is 5.56 Å². The Hall–Kier alpha value is -1.04. The Labute approximate surface area is 81.5 Å². The molecule has 0 unspecified atom stereocenters. The van der Waals surface area contributed by atoms with Crippen molar-refractivity contribution in [1.29, 1.82) is 0 Å². The Balaban J connectivity index is 2.99. The highest BCUT2D eigenvalue weighted by Gasteiger charge is 2.33. The van der Waals surface area contributed by atoms with Crippen molar-refractivity contribution < 1.29 is 22.3 Å². The predicted molar refractivity (Wildman–Crippen MR) is 40.7 cm³/mol. The SMILES string of the molecule is FCc1ccc(Cl)nc1OC(F)(F)F. The van der Waals surface area contributed by atoms with E-state index in [1.54, 1.807) is 0 Å². The first-order valence-electron chi connectivity index (χ1n) is 3.39. The molecule has 1 aromatic heterocycles. The zero-order valence-corrected chi connectivity index (χ0v) is 7.36.